The Labute approximate surface area is 107 Å². The number of aryl methyl sites for hydroxylation is 1. The number of nitrogens with zero attached hydrogens (tertiary/aromatic N) is 2. The molecule has 0 spiro atoms. The molecule has 4 heteroatoms. The minimum absolute atomic E-state index is 0.0939. The molecule has 4 nitrogen and oxygen atoms in total. The molecule has 94 valence electrons. The number of anilines is 1. The molecular formula is C14H17N3O. The lowest BCUT2D eigenvalue weighted by Crippen LogP contribution is -2.08. The normalized spacial score (nSPS) is 10.3. The van der Waals surface area contributed by atoms with Gasteiger partial charge in [0.15, 0.2) is 5.78 Å². The van der Waals surface area contributed by atoms with Crippen molar-refractivity contribution in [1.29, 1.82) is 0 Å². The molecule has 0 aliphatic carbocycles. The Balaban J connectivity index is 1.87. The molecule has 2 aromatic rings. The third-order valence-electron chi connectivity index (χ3n) is 2.92. The van der Waals surface area contributed by atoms with Crippen molar-refractivity contribution in [3.8, 4) is 0 Å². The Morgan fingerprint density at radius 3 is 2.56 bits per heavy atom. The summed E-state index contributed by atoms with van der Waals surface area (Å²) in [6, 6.07) is 9.56. The number of aromatic nitrogens is 2. The first-order valence-electron chi connectivity index (χ1n) is 5.98. The number of benzene rings is 1. The topological polar surface area (TPSA) is 46.9 Å². The fourth-order valence-corrected chi connectivity index (χ4v) is 1.80. The average molecular weight is 243 g/mol. The molecule has 1 aromatic heterocycles. The summed E-state index contributed by atoms with van der Waals surface area (Å²) >= 11 is 0. The second kappa shape index (κ2) is 5.49. The van der Waals surface area contributed by atoms with Gasteiger partial charge in [0.25, 0.3) is 0 Å². The highest BCUT2D eigenvalue weighted by Crippen LogP contribution is 2.10. The second-order valence-corrected chi connectivity index (χ2v) is 4.26. The summed E-state index contributed by atoms with van der Waals surface area (Å²) < 4.78 is 1.88. The van der Waals surface area contributed by atoms with Gasteiger partial charge in [0.1, 0.15) is 0 Å². The van der Waals surface area contributed by atoms with Gasteiger partial charge < -0.3 is 5.32 Å². The summed E-state index contributed by atoms with van der Waals surface area (Å²) in [7, 11) is 1.94. The van der Waals surface area contributed by atoms with Gasteiger partial charge in [0.05, 0.1) is 0 Å². The van der Waals surface area contributed by atoms with Crippen LogP contribution in [0.4, 0.5) is 5.69 Å². The van der Waals surface area contributed by atoms with Gasteiger partial charge in [-0.1, -0.05) is 0 Å². The van der Waals surface area contributed by atoms with Gasteiger partial charge in [-0.05, 0) is 37.3 Å². The zero-order chi connectivity index (χ0) is 13.0. The van der Waals surface area contributed by atoms with E-state index in [0.29, 0.717) is 0 Å². The summed E-state index contributed by atoms with van der Waals surface area (Å²) in [5.74, 6) is 0.0939. The van der Waals surface area contributed by atoms with Gasteiger partial charge in [-0.2, -0.15) is 5.10 Å². The molecular weight excluding hydrogens is 226 g/mol. The van der Waals surface area contributed by atoms with Crippen LogP contribution in [-0.2, 0) is 13.5 Å². The maximum atomic E-state index is 11.1. The largest absolute Gasteiger partial charge is 0.385 e. The SMILES string of the molecule is CC(=O)c1ccc(NCCc2ccnn2C)cc1. The smallest absolute Gasteiger partial charge is 0.159 e. The predicted octanol–water partition coefficient (Wildman–Crippen LogP) is 2.28. The fourth-order valence-electron chi connectivity index (χ4n) is 1.80. The minimum Gasteiger partial charge on any atom is -0.385 e. The molecule has 0 bridgehead atoms. The third-order valence-corrected chi connectivity index (χ3v) is 2.92. The Morgan fingerprint density at radius 2 is 2.00 bits per heavy atom. The van der Waals surface area contributed by atoms with Crippen molar-refractivity contribution < 1.29 is 4.79 Å². The highest BCUT2D eigenvalue weighted by molar-refractivity contribution is 5.94. The van der Waals surface area contributed by atoms with Gasteiger partial charge in [-0.15, -0.1) is 0 Å². The first-order valence-corrected chi connectivity index (χ1v) is 5.98. The molecule has 1 aromatic carbocycles. The van der Waals surface area contributed by atoms with E-state index < -0.39 is 0 Å². The molecule has 0 saturated carbocycles. The monoisotopic (exact) mass is 243 g/mol. The highest BCUT2D eigenvalue weighted by Gasteiger charge is 2.00. The van der Waals surface area contributed by atoms with Crippen molar-refractivity contribution in [2.24, 2.45) is 7.05 Å². The van der Waals surface area contributed by atoms with Crippen LogP contribution in [0.2, 0.25) is 0 Å². The number of nitrogens with one attached hydrogen (secondary N) is 1. The Morgan fingerprint density at radius 1 is 1.28 bits per heavy atom. The van der Waals surface area contributed by atoms with Crippen molar-refractivity contribution >= 4 is 11.5 Å². The van der Waals surface area contributed by atoms with E-state index in [1.807, 2.05) is 42.1 Å². The van der Waals surface area contributed by atoms with Crippen molar-refractivity contribution in [2.75, 3.05) is 11.9 Å². The second-order valence-electron chi connectivity index (χ2n) is 4.26. The summed E-state index contributed by atoms with van der Waals surface area (Å²) in [5, 5.41) is 7.45. The lowest BCUT2D eigenvalue weighted by atomic mass is 10.1. The van der Waals surface area contributed by atoms with Crippen molar-refractivity contribution in [1.82, 2.24) is 9.78 Å². The van der Waals surface area contributed by atoms with Crippen molar-refractivity contribution in [3.63, 3.8) is 0 Å². The summed E-state index contributed by atoms with van der Waals surface area (Å²) in [5.41, 5.74) is 2.97. The van der Waals surface area contributed by atoms with E-state index in [-0.39, 0.29) is 5.78 Å². The van der Waals surface area contributed by atoms with E-state index in [2.05, 4.69) is 10.4 Å². The maximum Gasteiger partial charge on any atom is 0.159 e. The first-order chi connectivity index (χ1) is 8.66. The van der Waals surface area contributed by atoms with Gasteiger partial charge in [0.2, 0.25) is 0 Å². The first kappa shape index (κ1) is 12.4. The molecule has 0 amide bonds. The number of hydrogen-bond acceptors (Lipinski definition) is 3. The van der Waals surface area contributed by atoms with E-state index in [4.69, 9.17) is 0 Å². The lowest BCUT2D eigenvalue weighted by Gasteiger charge is -2.07. The number of ketones is 1. The molecule has 1 N–H and O–H groups in total. The van der Waals surface area contributed by atoms with Gasteiger partial charge in [0, 0.05) is 43.2 Å². The average Bonchev–Trinajstić information content (AvgIpc) is 2.76. The van der Waals surface area contributed by atoms with Crippen LogP contribution in [0, 0.1) is 0 Å². The fraction of sp³-hybridized carbons (Fsp3) is 0.286. The lowest BCUT2D eigenvalue weighted by molar-refractivity contribution is 0.101. The van der Waals surface area contributed by atoms with Crippen LogP contribution in [0.25, 0.3) is 0 Å². The molecule has 2 rings (SSSR count). The molecule has 0 radical (unpaired) electrons. The van der Waals surface area contributed by atoms with Crippen molar-refractivity contribution in [3.05, 3.63) is 47.8 Å². The van der Waals surface area contributed by atoms with Crippen LogP contribution in [0.1, 0.15) is 23.0 Å². The van der Waals surface area contributed by atoms with Crippen LogP contribution in [0.15, 0.2) is 36.5 Å². The van der Waals surface area contributed by atoms with Gasteiger partial charge in [-0.3, -0.25) is 9.48 Å². The molecule has 1 heterocycles. The third kappa shape index (κ3) is 2.97. The summed E-state index contributed by atoms with van der Waals surface area (Å²) in [4.78, 5) is 11.1. The van der Waals surface area contributed by atoms with E-state index >= 15 is 0 Å². The van der Waals surface area contributed by atoms with Crippen LogP contribution in [-0.4, -0.2) is 22.1 Å². The summed E-state index contributed by atoms with van der Waals surface area (Å²) in [6.07, 6.45) is 2.72. The van der Waals surface area contributed by atoms with Crippen LogP contribution in [0.3, 0.4) is 0 Å². The summed E-state index contributed by atoms with van der Waals surface area (Å²) in [6.45, 7) is 2.42. The van der Waals surface area contributed by atoms with Gasteiger partial charge in [-0.25, -0.2) is 0 Å². The molecule has 0 fully saturated rings. The van der Waals surface area contributed by atoms with Crippen LogP contribution in [0.5, 0.6) is 0 Å². The van der Waals surface area contributed by atoms with Crippen LogP contribution < -0.4 is 5.32 Å². The van der Waals surface area contributed by atoms with E-state index in [1.54, 1.807) is 13.1 Å². The Hall–Kier alpha value is -2.10. The Bertz CT molecular complexity index is 528. The zero-order valence-electron chi connectivity index (χ0n) is 10.7. The highest BCUT2D eigenvalue weighted by atomic mass is 16.1. The molecule has 18 heavy (non-hydrogen) atoms. The molecule has 0 aliphatic heterocycles. The molecule has 0 unspecified atom stereocenters. The number of carbonyl (C=O) groups excluding carboxylic acids is 1. The minimum atomic E-state index is 0.0939. The standard InChI is InChI=1S/C14H17N3O/c1-11(18)12-3-5-13(6-4-12)15-9-7-14-8-10-16-17(14)2/h3-6,8,10,15H,7,9H2,1-2H3. The Kier molecular flexibility index (Phi) is 3.77. The quantitative estimate of drug-likeness (QED) is 0.819. The molecule has 0 saturated heterocycles. The van der Waals surface area contributed by atoms with Gasteiger partial charge >= 0.3 is 0 Å². The van der Waals surface area contributed by atoms with E-state index in [0.717, 1.165) is 24.2 Å². The van der Waals surface area contributed by atoms with Crippen LogP contribution >= 0.6 is 0 Å². The number of Topliss-reactive ketones (excluding diaryl/α,β-unsaturated/α-hetero) is 1. The molecule has 0 aliphatic rings. The number of rotatable bonds is 5. The number of carbonyl (C=O) groups is 1. The van der Waals surface area contributed by atoms with Crippen molar-refractivity contribution in [2.45, 2.75) is 13.3 Å². The maximum absolute atomic E-state index is 11.1. The zero-order valence-corrected chi connectivity index (χ0v) is 10.7. The van der Waals surface area contributed by atoms with E-state index in [9.17, 15) is 4.79 Å². The van der Waals surface area contributed by atoms with E-state index in [1.165, 1.54) is 5.69 Å². The number of hydrogen-bond donors (Lipinski definition) is 1. The predicted molar refractivity (Wildman–Crippen MR) is 71.8 cm³/mol. The molecule has 0 atom stereocenters.